The zero-order chi connectivity index (χ0) is 17.9. The van der Waals surface area contributed by atoms with E-state index in [1.54, 1.807) is 55.6 Å². The molecule has 2 N–H and O–H groups in total. The van der Waals surface area contributed by atoms with Crippen molar-refractivity contribution in [2.45, 2.75) is 6.42 Å². The van der Waals surface area contributed by atoms with Crippen LogP contribution in [0.5, 0.6) is 5.75 Å². The molecule has 2 amide bonds. The van der Waals surface area contributed by atoms with E-state index in [-0.39, 0.29) is 5.75 Å². The molecule has 1 aliphatic heterocycles. The van der Waals surface area contributed by atoms with Crippen LogP contribution in [0.15, 0.2) is 48.5 Å². The number of rotatable bonds is 4. The van der Waals surface area contributed by atoms with Crippen LogP contribution in [-0.4, -0.2) is 33.9 Å². The highest BCUT2D eigenvalue weighted by Gasteiger charge is 2.28. The average molecular weight is 361 g/mol. The minimum atomic E-state index is -3.25. The Hall–Kier alpha value is -2.74. The van der Waals surface area contributed by atoms with Gasteiger partial charge in [0.25, 0.3) is 0 Å². The van der Waals surface area contributed by atoms with Crippen LogP contribution in [0.25, 0.3) is 0 Å². The molecule has 2 aromatic rings. The summed E-state index contributed by atoms with van der Waals surface area (Å²) >= 11 is 0. The number of amides is 2. The van der Waals surface area contributed by atoms with E-state index in [9.17, 15) is 13.2 Å². The molecule has 1 fully saturated rings. The summed E-state index contributed by atoms with van der Waals surface area (Å²) in [5, 5.41) is 5.42. The molecular weight excluding hydrogens is 342 g/mol. The first-order valence-electron chi connectivity index (χ1n) is 7.80. The number of ether oxygens (including phenoxy) is 1. The minimum absolute atomic E-state index is 0.154. The van der Waals surface area contributed by atoms with Crippen molar-refractivity contribution in [3.63, 3.8) is 0 Å². The lowest BCUT2D eigenvalue weighted by atomic mass is 10.2. The molecule has 0 unspecified atom stereocenters. The van der Waals surface area contributed by atoms with Crippen LogP contribution in [0, 0.1) is 0 Å². The van der Waals surface area contributed by atoms with Crippen molar-refractivity contribution in [2.75, 3.05) is 34.3 Å². The highest BCUT2D eigenvalue weighted by molar-refractivity contribution is 7.93. The Kier molecular flexibility index (Phi) is 4.80. The van der Waals surface area contributed by atoms with Gasteiger partial charge in [0.2, 0.25) is 10.0 Å². The van der Waals surface area contributed by atoms with Gasteiger partial charge in [-0.2, -0.15) is 0 Å². The van der Waals surface area contributed by atoms with Gasteiger partial charge in [0.15, 0.2) is 0 Å². The SMILES string of the molecule is COc1cccc(NC(=O)Nc2cccc(N3CCCS3(=O)=O)c2)c1. The molecule has 3 rings (SSSR count). The van der Waals surface area contributed by atoms with Crippen LogP contribution in [-0.2, 0) is 10.0 Å². The smallest absolute Gasteiger partial charge is 0.323 e. The third kappa shape index (κ3) is 4.03. The first-order valence-corrected chi connectivity index (χ1v) is 9.41. The number of hydrogen-bond acceptors (Lipinski definition) is 4. The fraction of sp³-hybridized carbons (Fsp3) is 0.235. The lowest BCUT2D eigenvalue weighted by Gasteiger charge is -2.18. The van der Waals surface area contributed by atoms with Crippen LogP contribution >= 0.6 is 0 Å². The maximum absolute atomic E-state index is 12.1. The van der Waals surface area contributed by atoms with Crippen molar-refractivity contribution in [2.24, 2.45) is 0 Å². The molecule has 7 nitrogen and oxygen atoms in total. The second-order valence-electron chi connectivity index (χ2n) is 5.60. The summed E-state index contributed by atoms with van der Waals surface area (Å²) in [4.78, 5) is 12.1. The van der Waals surface area contributed by atoms with E-state index in [2.05, 4.69) is 10.6 Å². The zero-order valence-electron chi connectivity index (χ0n) is 13.7. The molecule has 0 atom stereocenters. The molecule has 0 aromatic heterocycles. The van der Waals surface area contributed by atoms with Crippen molar-refractivity contribution in [3.8, 4) is 5.75 Å². The second-order valence-corrected chi connectivity index (χ2v) is 7.62. The Balaban J connectivity index is 1.70. The fourth-order valence-electron chi connectivity index (χ4n) is 2.66. The highest BCUT2D eigenvalue weighted by Crippen LogP contribution is 2.26. The predicted octanol–water partition coefficient (Wildman–Crippen LogP) is 2.88. The lowest BCUT2D eigenvalue weighted by Crippen LogP contribution is -2.25. The molecule has 1 heterocycles. The molecule has 0 aliphatic carbocycles. The van der Waals surface area contributed by atoms with Gasteiger partial charge in [0.1, 0.15) is 5.75 Å². The van der Waals surface area contributed by atoms with Gasteiger partial charge >= 0.3 is 6.03 Å². The molecule has 25 heavy (non-hydrogen) atoms. The number of nitrogens with one attached hydrogen (secondary N) is 2. The molecule has 0 radical (unpaired) electrons. The molecule has 1 saturated heterocycles. The average Bonchev–Trinajstić information content (AvgIpc) is 2.94. The van der Waals surface area contributed by atoms with Gasteiger partial charge in [0.05, 0.1) is 18.6 Å². The molecule has 0 saturated carbocycles. The van der Waals surface area contributed by atoms with E-state index in [1.165, 1.54) is 4.31 Å². The van der Waals surface area contributed by atoms with E-state index < -0.39 is 16.1 Å². The number of urea groups is 1. The van der Waals surface area contributed by atoms with Gasteiger partial charge in [-0.1, -0.05) is 12.1 Å². The van der Waals surface area contributed by atoms with E-state index in [0.717, 1.165) is 0 Å². The molecule has 1 aliphatic rings. The number of anilines is 3. The van der Waals surface area contributed by atoms with Crippen molar-refractivity contribution in [1.29, 1.82) is 0 Å². The Morgan fingerprint density at radius 1 is 1.08 bits per heavy atom. The van der Waals surface area contributed by atoms with E-state index in [1.807, 2.05) is 0 Å². The number of carbonyl (C=O) groups excluding carboxylic acids is 1. The Morgan fingerprint density at radius 2 is 1.76 bits per heavy atom. The molecule has 2 aromatic carbocycles. The molecule has 132 valence electrons. The summed E-state index contributed by atoms with van der Waals surface area (Å²) in [6.07, 6.45) is 0.607. The third-order valence-corrected chi connectivity index (χ3v) is 5.69. The Bertz CT molecular complexity index is 883. The third-order valence-electron chi connectivity index (χ3n) is 3.82. The van der Waals surface area contributed by atoms with Crippen LogP contribution < -0.4 is 19.7 Å². The van der Waals surface area contributed by atoms with E-state index >= 15 is 0 Å². The largest absolute Gasteiger partial charge is 0.497 e. The van der Waals surface area contributed by atoms with Crippen LogP contribution in [0.3, 0.4) is 0 Å². The van der Waals surface area contributed by atoms with Gasteiger partial charge in [0, 0.05) is 24.0 Å². The summed E-state index contributed by atoms with van der Waals surface area (Å²) in [5.41, 5.74) is 1.66. The summed E-state index contributed by atoms with van der Waals surface area (Å²) in [6.45, 7) is 0.460. The first-order chi connectivity index (χ1) is 12.0. The summed E-state index contributed by atoms with van der Waals surface area (Å²) in [7, 11) is -1.70. The van der Waals surface area contributed by atoms with Crippen molar-refractivity contribution < 1.29 is 17.9 Å². The number of hydrogen-bond donors (Lipinski definition) is 2. The minimum Gasteiger partial charge on any atom is -0.497 e. The van der Waals surface area contributed by atoms with Crippen molar-refractivity contribution in [3.05, 3.63) is 48.5 Å². The number of nitrogens with zero attached hydrogens (tertiary/aromatic N) is 1. The first kappa shape index (κ1) is 17.1. The lowest BCUT2D eigenvalue weighted by molar-refractivity contribution is 0.262. The number of carbonyl (C=O) groups is 1. The number of benzene rings is 2. The molecule has 0 bridgehead atoms. The van der Waals surface area contributed by atoms with Gasteiger partial charge in [-0.15, -0.1) is 0 Å². The predicted molar refractivity (Wildman–Crippen MR) is 97.8 cm³/mol. The van der Waals surface area contributed by atoms with Crippen LogP contribution in [0.1, 0.15) is 6.42 Å². The number of methoxy groups -OCH3 is 1. The van der Waals surface area contributed by atoms with Crippen LogP contribution in [0.4, 0.5) is 21.9 Å². The van der Waals surface area contributed by atoms with Gasteiger partial charge in [-0.3, -0.25) is 4.31 Å². The topological polar surface area (TPSA) is 87.7 Å². The van der Waals surface area contributed by atoms with E-state index in [0.29, 0.717) is 35.8 Å². The maximum atomic E-state index is 12.1. The van der Waals surface area contributed by atoms with Crippen LogP contribution in [0.2, 0.25) is 0 Å². The Morgan fingerprint density at radius 3 is 2.40 bits per heavy atom. The van der Waals surface area contributed by atoms with Gasteiger partial charge < -0.3 is 15.4 Å². The molecule has 8 heteroatoms. The maximum Gasteiger partial charge on any atom is 0.323 e. The van der Waals surface area contributed by atoms with Gasteiger partial charge in [-0.05, 0) is 36.8 Å². The molecule has 0 spiro atoms. The quantitative estimate of drug-likeness (QED) is 0.876. The van der Waals surface area contributed by atoms with Crippen molar-refractivity contribution in [1.82, 2.24) is 0 Å². The summed E-state index contributed by atoms with van der Waals surface area (Å²) < 4.78 is 30.5. The fourth-order valence-corrected chi connectivity index (χ4v) is 4.22. The Labute approximate surface area is 146 Å². The van der Waals surface area contributed by atoms with E-state index in [4.69, 9.17) is 4.74 Å². The number of sulfonamides is 1. The van der Waals surface area contributed by atoms with Crippen molar-refractivity contribution >= 4 is 33.1 Å². The highest BCUT2D eigenvalue weighted by atomic mass is 32.2. The summed E-state index contributed by atoms with van der Waals surface area (Å²) in [6, 6.07) is 13.4. The standard InChI is InChI=1S/C17H19N3O4S/c1-24-16-8-3-6-14(12-16)19-17(21)18-13-5-2-7-15(11-13)20-9-4-10-25(20,22)23/h2-3,5-8,11-12H,4,9-10H2,1H3,(H2,18,19,21). The van der Waals surface area contributed by atoms with Gasteiger partial charge in [-0.25, -0.2) is 13.2 Å². The zero-order valence-corrected chi connectivity index (χ0v) is 14.5. The molecular formula is C17H19N3O4S. The normalized spacial score (nSPS) is 15.6. The second kappa shape index (κ2) is 7.02. The summed E-state index contributed by atoms with van der Waals surface area (Å²) in [5.74, 6) is 0.792. The monoisotopic (exact) mass is 361 g/mol.